The number of benzene rings is 2. The predicted octanol–water partition coefficient (Wildman–Crippen LogP) is 4.81. The zero-order valence-corrected chi connectivity index (χ0v) is 17.5. The van der Waals surface area contributed by atoms with Crippen LogP contribution in [0.1, 0.15) is 36.4 Å². The number of piperidine rings is 1. The SMILES string of the molecule is Cc1cc(OCCCN2CCC(c3ccccc3)CC2)nc(-c2ccc(O)cc2)n1. The number of aryl methyl sites for hydroxylation is 1. The molecular formula is C25H29N3O2. The van der Waals surface area contributed by atoms with Gasteiger partial charge in [0.05, 0.1) is 6.61 Å². The van der Waals surface area contributed by atoms with E-state index in [0.717, 1.165) is 37.3 Å². The number of rotatable bonds is 7. The molecule has 5 nitrogen and oxygen atoms in total. The molecule has 2 heterocycles. The summed E-state index contributed by atoms with van der Waals surface area (Å²) in [5.41, 5.74) is 3.21. The van der Waals surface area contributed by atoms with Crippen molar-refractivity contribution < 1.29 is 9.84 Å². The van der Waals surface area contributed by atoms with E-state index in [1.54, 1.807) is 12.1 Å². The molecule has 0 atom stereocenters. The molecule has 1 aromatic heterocycles. The molecule has 1 aliphatic heterocycles. The highest BCUT2D eigenvalue weighted by Crippen LogP contribution is 2.27. The first kappa shape index (κ1) is 20.4. The van der Waals surface area contributed by atoms with Crippen molar-refractivity contribution >= 4 is 0 Å². The highest BCUT2D eigenvalue weighted by atomic mass is 16.5. The van der Waals surface area contributed by atoms with Gasteiger partial charge in [0.25, 0.3) is 0 Å². The van der Waals surface area contributed by atoms with E-state index < -0.39 is 0 Å². The van der Waals surface area contributed by atoms with Crippen LogP contribution in [0, 0.1) is 6.92 Å². The van der Waals surface area contributed by atoms with E-state index in [9.17, 15) is 5.11 Å². The van der Waals surface area contributed by atoms with Crippen LogP contribution in [0.15, 0.2) is 60.7 Å². The average molecular weight is 404 g/mol. The summed E-state index contributed by atoms with van der Waals surface area (Å²) in [7, 11) is 0. The van der Waals surface area contributed by atoms with Gasteiger partial charge >= 0.3 is 0 Å². The molecule has 0 saturated carbocycles. The maximum Gasteiger partial charge on any atom is 0.217 e. The molecule has 1 fully saturated rings. The Morgan fingerprint density at radius 2 is 1.73 bits per heavy atom. The van der Waals surface area contributed by atoms with E-state index in [1.807, 2.05) is 25.1 Å². The lowest BCUT2D eigenvalue weighted by Gasteiger charge is -2.32. The molecule has 156 valence electrons. The Morgan fingerprint density at radius 1 is 1.00 bits per heavy atom. The highest BCUT2D eigenvalue weighted by molar-refractivity contribution is 5.56. The van der Waals surface area contributed by atoms with Gasteiger partial charge in [-0.25, -0.2) is 4.98 Å². The fourth-order valence-electron chi connectivity index (χ4n) is 4.03. The van der Waals surface area contributed by atoms with E-state index in [2.05, 4.69) is 45.2 Å². The number of hydrogen-bond acceptors (Lipinski definition) is 5. The third kappa shape index (κ3) is 5.36. The molecule has 3 aromatic rings. The van der Waals surface area contributed by atoms with Crippen molar-refractivity contribution in [3.05, 3.63) is 71.9 Å². The van der Waals surface area contributed by atoms with Gasteiger partial charge in [-0.1, -0.05) is 30.3 Å². The van der Waals surface area contributed by atoms with Crippen LogP contribution < -0.4 is 4.74 Å². The summed E-state index contributed by atoms with van der Waals surface area (Å²) >= 11 is 0. The largest absolute Gasteiger partial charge is 0.508 e. The number of hydrogen-bond donors (Lipinski definition) is 1. The molecule has 2 aromatic carbocycles. The molecule has 1 N–H and O–H groups in total. The number of phenols is 1. The highest BCUT2D eigenvalue weighted by Gasteiger charge is 2.20. The Kier molecular flexibility index (Phi) is 6.60. The van der Waals surface area contributed by atoms with Crippen molar-refractivity contribution in [2.75, 3.05) is 26.2 Å². The van der Waals surface area contributed by atoms with Crippen molar-refractivity contribution in [3.8, 4) is 23.0 Å². The third-order valence-corrected chi connectivity index (χ3v) is 5.68. The van der Waals surface area contributed by atoms with Crippen LogP contribution in [0.25, 0.3) is 11.4 Å². The van der Waals surface area contributed by atoms with Gasteiger partial charge in [0.15, 0.2) is 5.82 Å². The van der Waals surface area contributed by atoms with Crippen molar-refractivity contribution in [1.82, 2.24) is 14.9 Å². The lowest BCUT2D eigenvalue weighted by molar-refractivity contribution is 0.191. The molecule has 1 saturated heterocycles. The van der Waals surface area contributed by atoms with E-state index in [0.29, 0.717) is 24.2 Å². The van der Waals surface area contributed by atoms with Gasteiger partial charge in [-0.2, -0.15) is 4.98 Å². The van der Waals surface area contributed by atoms with Crippen molar-refractivity contribution in [3.63, 3.8) is 0 Å². The van der Waals surface area contributed by atoms with Gasteiger partial charge in [-0.15, -0.1) is 0 Å². The Balaban J connectivity index is 1.24. The summed E-state index contributed by atoms with van der Waals surface area (Å²) in [6, 6.07) is 19.7. The number of nitrogens with zero attached hydrogens (tertiary/aromatic N) is 3. The van der Waals surface area contributed by atoms with E-state index in [-0.39, 0.29) is 5.75 Å². The van der Waals surface area contributed by atoms with E-state index >= 15 is 0 Å². The van der Waals surface area contributed by atoms with E-state index in [4.69, 9.17) is 4.74 Å². The van der Waals surface area contributed by atoms with Crippen molar-refractivity contribution in [2.45, 2.75) is 32.1 Å². The molecule has 0 bridgehead atoms. The van der Waals surface area contributed by atoms with Crippen LogP contribution >= 0.6 is 0 Å². The first-order valence-corrected chi connectivity index (χ1v) is 10.7. The van der Waals surface area contributed by atoms with Crippen LogP contribution in [0.2, 0.25) is 0 Å². The van der Waals surface area contributed by atoms with Crippen LogP contribution in [-0.2, 0) is 0 Å². The molecule has 30 heavy (non-hydrogen) atoms. The molecule has 0 amide bonds. The van der Waals surface area contributed by atoms with E-state index in [1.165, 1.54) is 18.4 Å². The number of phenolic OH excluding ortho intramolecular Hbond substituents is 1. The Hall–Kier alpha value is -2.92. The number of aromatic nitrogens is 2. The van der Waals surface area contributed by atoms with Gasteiger partial charge in [-0.3, -0.25) is 0 Å². The Labute approximate surface area is 178 Å². The van der Waals surface area contributed by atoms with Gasteiger partial charge in [-0.05, 0) is 75.0 Å². The van der Waals surface area contributed by atoms with Crippen LogP contribution in [0.4, 0.5) is 0 Å². The molecule has 0 radical (unpaired) electrons. The second-order valence-corrected chi connectivity index (χ2v) is 7.95. The van der Waals surface area contributed by atoms with Gasteiger partial charge in [0.2, 0.25) is 5.88 Å². The molecule has 5 heteroatoms. The minimum absolute atomic E-state index is 0.232. The topological polar surface area (TPSA) is 58.5 Å². The molecule has 1 aliphatic rings. The standard InChI is InChI=1S/C25H29N3O2/c1-19-18-24(27-25(26-19)22-8-10-23(29)11-9-22)30-17-5-14-28-15-12-21(13-16-28)20-6-3-2-4-7-20/h2-4,6-11,18,21,29H,5,12-17H2,1H3. The average Bonchev–Trinajstić information content (AvgIpc) is 2.78. The molecule has 0 aliphatic carbocycles. The van der Waals surface area contributed by atoms with Gasteiger partial charge in [0, 0.05) is 23.9 Å². The normalized spacial score (nSPS) is 15.2. The Bertz CT molecular complexity index is 936. The fourth-order valence-corrected chi connectivity index (χ4v) is 4.03. The quantitative estimate of drug-likeness (QED) is 0.574. The second kappa shape index (κ2) is 9.72. The smallest absolute Gasteiger partial charge is 0.217 e. The van der Waals surface area contributed by atoms with Crippen LogP contribution in [0.3, 0.4) is 0 Å². The summed E-state index contributed by atoms with van der Waals surface area (Å²) in [5.74, 6) is 2.15. The number of likely N-dealkylation sites (tertiary alicyclic amines) is 1. The monoisotopic (exact) mass is 403 g/mol. The lowest BCUT2D eigenvalue weighted by Crippen LogP contribution is -2.34. The first-order valence-electron chi connectivity index (χ1n) is 10.7. The summed E-state index contributed by atoms with van der Waals surface area (Å²) in [5, 5.41) is 9.47. The molecule has 0 unspecified atom stereocenters. The second-order valence-electron chi connectivity index (χ2n) is 7.95. The van der Waals surface area contributed by atoms with Crippen LogP contribution in [-0.4, -0.2) is 46.2 Å². The maximum absolute atomic E-state index is 9.47. The summed E-state index contributed by atoms with van der Waals surface area (Å²) < 4.78 is 5.93. The Morgan fingerprint density at radius 3 is 2.47 bits per heavy atom. The number of aromatic hydroxyl groups is 1. The summed E-state index contributed by atoms with van der Waals surface area (Å²) in [4.78, 5) is 11.6. The zero-order valence-electron chi connectivity index (χ0n) is 17.5. The van der Waals surface area contributed by atoms with Crippen molar-refractivity contribution in [1.29, 1.82) is 0 Å². The van der Waals surface area contributed by atoms with Gasteiger partial charge in [0.1, 0.15) is 5.75 Å². The third-order valence-electron chi connectivity index (χ3n) is 5.68. The number of ether oxygens (including phenoxy) is 1. The lowest BCUT2D eigenvalue weighted by atomic mass is 9.89. The predicted molar refractivity (Wildman–Crippen MR) is 119 cm³/mol. The molecule has 4 rings (SSSR count). The fraction of sp³-hybridized carbons (Fsp3) is 0.360. The van der Waals surface area contributed by atoms with Crippen molar-refractivity contribution in [2.24, 2.45) is 0 Å². The molecular weight excluding hydrogens is 374 g/mol. The maximum atomic E-state index is 9.47. The minimum Gasteiger partial charge on any atom is -0.508 e. The molecule has 0 spiro atoms. The van der Waals surface area contributed by atoms with Crippen LogP contribution in [0.5, 0.6) is 11.6 Å². The minimum atomic E-state index is 0.232. The first-order chi connectivity index (χ1) is 14.7. The zero-order chi connectivity index (χ0) is 20.8. The summed E-state index contributed by atoms with van der Waals surface area (Å²) in [6.45, 7) is 5.93. The van der Waals surface area contributed by atoms with Gasteiger partial charge < -0.3 is 14.7 Å². The summed E-state index contributed by atoms with van der Waals surface area (Å²) in [6.07, 6.45) is 3.44.